The quantitative estimate of drug-likeness (QED) is 0.613. The number of nitrogens with zero attached hydrogens (tertiary/aromatic N) is 5. The number of pyridine rings is 1. The molecule has 0 atom stereocenters. The van der Waals surface area contributed by atoms with Gasteiger partial charge < -0.3 is 9.88 Å². The first kappa shape index (κ1) is 14.3. The van der Waals surface area contributed by atoms with Gasteiger partial charge in [0.15, 0.2) is 5.82 Å². The third-order valence-corrected chi connectivity index (χ3v) is 3.72. The van der Waals surface area contributed by atoms with Crippen LogP contribution in [0.15, 0.2) is 67.4 Å². The second kappa shape index (κ2) is 6.45. The third-order valence-electron chi connectivity index (χ3n) is 3.72. The van der Waals surface area contributed by atoms with E-state index in [1.807, 2.05) is 53.2 Å². The standard InChI is InChI=1S/C18H16N6/c1-2-6-15-14(5-1)17(21-10-12-24-11-9-19-13-24)23-18(22-15)16-7-3-4-8-20-16/h1-9,11,13H,10,12H2,(H,21,22,23). The summed E-state index contributed by atoms with van der Waals surface area (Å²) in [6, 6.07) is 13.7. The van der Waals surface area contributed by atoms with E-state index in [-0.39, 0.29) is 0 Å². The van der Waals surface area contributed by atoms with E-state index in [0.717, 1.165) is 35.5 Å². The van der Waals surface area contributed by atoms with Crippen molar-refractivity contribution in [2.45, 2.75) is 6.54 Å². The van der Waals surface area contributed by atoms with E-state index in [1.54, 1.807) is 18.7 Å². The van der Waals surface area contributed by atoms with Crippen LogP contribution >= 0.6 is 0 Å². The number of hydrogen-bond donors (Lipinski definition) is 1. The zero-order valence-electron chi connectivity index (χ0n) is 13.0. The van der Waals surface area contributed by atoms with Gasteiger partial charge in [-0.15, -0.1) is 0 Å². The van der Waals surface area contributed by atoms with E-state index < -0.39 is 0 Å². The first-order valence-corrected chi connectivity index (χ1v) is 7.78. The molecule has 0 unspecified atom stereocenters. The molecular formula is C18H16N6. The van der Waals surface area contributed by atoms with Crippen molar-refractivity contribution in [2.75, 3.05) is 11.9 Å². The van der Waals surface area contributed by atoms with Crippen LogP contribution in [-0.4, -0.2) is 31.0 Å². The fraction of sp³-hybridized carbons (Fsp3) is 0.111. The van der Waals surface area contributed by atoms with E-state index in [9.17, 15) is 0 Å². The van der Waals surface area contributed by atoms with Gasteiger partial charge in [-0.05, 0) is 24.3 Å². The van der Waals surface area contributed by atoms with Gasteiger partial charge in [0.1, 0.15) is 11.5 Å². The van der Waals surface area contributed by atoms with Crippen LogP contribution in [0.4, 0.5) is 5.82 Å². The zero-order valence-corrected chi connectivity index (χ0v) is 13.0. The molecule has 0 aliphatic rings. The van der Waals surface area contributed by atoms with Crippen LogP contribution in [0.25, 0.3) is 22.4 Å². The predicted octanol–water partition coefficient (Wildman–Crippen LogP) is 3.00. The fourth-order valence-corrected chi connectivity index (χ4v) is 2.54. The molecule has 6 nitrogen and oxygen atoms in total. The number of benzene rings is 1. The Kier molecular flexibility index (Phi) is 3.85. The number of aromatic nitrogens is 5. The highest BCUT2D eigenvalue weighted by Gasteiger charge is 2.09. The number of imidazole rings is 1. The van der Waals surface area contributed by atoms with E-state index in [0.29, 0.717) is 5.82 Å². The molecule has 6 heteroatoms. The van der Waals surface area contributed by atoms with Gasteiger partial charge in [0, 0.05) is 37.1 Å². The zero-order chi connectivity index (χ0) is 16.2. The molecule has 0 radical (unpaired) electrons. The summed E-state index contributed by atoms with van der Waals surface area (Å²) in [5.74, 6) is 1.45. The first-order valence-electron chi connectivity index (χ1n) is 7.78. The second-order valence-electron chi connectivity index (χ2n) is 5.36. The maximum absolute atomic E-state index is 4.68. The molecular weight excluding hydrogens is 300 g/mol. The Hall–Kier alpha value is -3.28. The van der Waals surface area contributed by atoms with E-state index in [1.165, 1.54) is 0 Å². The second-order valence-corrected chi connectivity index (χ2v) is 5.36. The van der Waals surface area contributed by atoms with Gasteiger partial charge in [-0.25, -0.2) is 15.0 Å². The van der Waals surface area contributed by atoms with Crippen molar-refractivity contribution in [2.24, 2.45) is 0 Å². The maximum Gasteiger partial charge on any atom is 0.180 e. The summed E-state index contributed by atoms with van der Waals surface area (Å²) < 4.78 is 2.02. The van der Waals surface area contributed by atoms with Crippen LogP contribution in [0.3, 0.4) is 0 Å². The molecule has 0 bridgehead atoms. The number of hydrogen-bond acceptors (Lipinski definition) is 5. The molecule has 0 spiro atoms. The van der Waals surface area contributed by atoms with Gasteiger partial charge >= 0.3 is 0 Å². The molecule has 0 aliphatic carbocycles. The Morgan fingerprint density at radius 2 is 1.88 bits per heavy atom. The minimum absolute atomic E-state index is 0.624. The average Bonchev–Trinajstić information content (AvgIpc) is 3.16. The van der Waals surface area contributed by atoms with Gasteiger partial charge in [0.2, 0.25) is 0 Å². The van der Waals surface area contributed by atoms with E-state index in [2.05, 4.69) is 25.3 Å². The topological polar surface area (TPSA) is 68.5 Å². The number of anilines is 1. The molecule has 3 aromatic heterocycles. The molecule has 0 saturated carbocycles. The van der Waals surface area contributed by atoms with Crippen LogP contribution in [0, 0.1) is 0 Å². The van der Waals surface area contributed by atoms with Gasteiger partial charge in [0.25, 0.3) is 0 Å². The summed E-state index contributed by atoms with van der Waals surface area (Å²) in [7, 11) is 0. The highest BCUT2D eigenvalue weighted by Crippen LogP contribution is 2.23. The predicted molar refractivity (Wildman–Crippen MR) is 93.5 cm³/mol. The van der Waals surface area contributed by atoms with Crippen molar-refractivity contribution in [1.82, 2.24) is 24.5 Å². The Balaban J connectivity index is 1.67. The number of para-hydroxylation sites is 1. The summed E-state index contributed by atoms with van der Waals surface area (Å²) in [5.41, 5.74) is 1.67. The van der Waals surface area contributed by atoms with Crippen molar-refractivity contribution in [3.05, 3.63) is 67.4 Å². The molecule has 3 heterocycles. The lowest BCUT2D eigenvalue weighted by Gasteiger charge is -2.11. The van der Waals surface area contributed by atoms with Crippen LogP contribution in [0.1, 0.15) is 0 Å². The van der Waals surface area contributed by atoms with Crippen molar-refractivity contribution in [3.8, 4) is 11.5 Å². The normalized spacial score (nSPS) is 10.8. The summed E-state index contributed by atoms with van der Waals surface area (Å²) in [6.45, 7) is 1.57. The van der Waals surface area contributed by atoms with Gasteiger partial charge in [-0.2, -0.15) is 0 Å². The molecule has 4 aromatic rings. The molecule has 1 N–H and O–H groups in total. The average molecular weight is 316 g/mol. The lowest BCUT2D eigenvalue weighted by molar-refractivity contribution is 0.726. The Labute approximate surface area is 139 Å². The number of nitrogens with one attached hydrogen (secondary N) is 1. The summed E-state index contributed by atoms with van der Waals surface area (Å²) in [4.78, 5) is 17.7. The smallest absolute Gasteiger partial charge is 0.180 e. The molecule has 0 amide bonds. The van der Waals surface area contributed by atoms with Gasteiger partial charge in [0.05, 0.1) is 11.8 Å². The molecule has 0 fully saturated rings. The molecule has 24 heavy (non-hydrogen) atoms. The highest BCUT2D eigenvalue weighted by molar-refractivity contribution is 5.90. The van der Waals surface area contributed by atoms with E-state index in [4.69, 9.17) is 0 Å². The third kappa shape index (κ3) is 2.94. The summed E-state index contributed by atoms with van der Waals surface area (Å²) >= 11 is 0. The van der Waals surface area contributed by atoms with Gasteiger partial charge in [-0.1, -0.05) is 18.2 Å². The molecule has 118 valence electrons. The minimum Gasteiger partial charge on any atom is -0.368 e. The highest BCUT2D eigenvalue weighted by atomic mass is 15.1. The lowest BCUT2D eigenvalue weighted by Crippen LogP contribution is -2.11. The van der Waals surface area contributed by atoms with Crippen molar-refractivity contribution >= 4 is 16.7 Å². The van der Waals surface area contributed by atoms with Crippen LogP contribution in [0.5, 0.6) is 0 Å². The molecule has 0 saturated heterocycles. The minimum atomic E-state index is 0.624. The van der Waals surface area contributed by atoms with Crippen LogP contribution in [-0.2, 0) is 6.54 Å². The van der Waals surface area contributed by atoms with Crippen molar-refractivity contribution in [3.63, 3.8) is 0 Å². The Bertz CT molecular complexity index is 934. The lowest BCUT2D eigenvalue weighted by atomic mass is 10.2. The number of rotatable bonds is 5. The van der Waals surface area contributed by atoms with Crippen LogP contribution < -0.4 is 5.32 Å². The van der Waals surface area contributed by atoms with E-state index >= 15 is 0 Å². The summed E-state index contributed by atoms with van der Waals surface area (Å²) in [5, 5.41) is 4.41. The SMILES string of the molecule is c1ccc(-c2nc(NCCn3ccnc3)c3ccccc3n2)nc1. The monoisotopic (exact) mass is 316 g/mol. The summed E-state index contributed by atoms with van der Waals surface area (Å²) in [6.07, 6.45) is 7.28. The maximum atomic E-state index is 4.68. The van der Waals surface area contributed by atoms with Crippen molar-refractivity contribution in [1.29, 1.82) is 0 Å². The molecule has 1 aromatic carbocycles. The largest absolute Gasteiger partial charge is 0.368 e. The molecule has 4 rings (SSSR count). The van der Waals surface area contributed by atoms with Gasteiger partial charge in [-0.3, -0.25) is 4.98 Å². The Morgan fingerprint density at radius 1 is 0.958 bits per heavy atom. The van der Waals surface area contributed by atoms with Crippen molar-refractivity contribution < 1.29 is 0 Å². The molecule has 0 aliphatic heterocycles. The fourth-order valence-electron chi connectivity index (χ4n) is 2.54. The first-order chi connectivity index (χ1) is 11.9. The number of fused-ring (bicyclic) bond motifs is 1. The van der Waals surface area contributed by atoms with Crippen LogP contribution in [0.2, 0.25) is 0 Å². The Morgan fingerprint density at radius 3 is 2.71 bits per heavy atom.